The zero-order valence-corrected chi connectivity index (χ0v) is 20.9. The minimum atomic E-state index is -1.82. The summed E-state index contributed by atoms with van der Waals surface area (Å²) >= 11 is 0. The van der Waals surface area contributed by atoms with Gasteiger partial charge in [-0.1, -0.05) is 54.6 Å². The Labute approximate surface area is 216 Å². The summed E-state index contributed by atoms with van der Waals surface area (Å²) in [6.45, 7) is 5.77. The van der Waals surface area contributed by atoms with Gasteiger partial charge in [-0.05, 0) is 41.4 Å². The predicted octanol–water partition coefficient (Wildman–Crippen LogP) is 2.88. The molecule has 0 aliphatic carbocycles. The number of ether oxygens (including phenoxy) is 1. The molecular formula is C28H33N3O6. The fourth-order valence-electron chi connectivity index (χ4n) is 4.32. The van der Waals surface area contributed by atoms with Crippen LogP contribution in [0.1, 0.15) is 12.0 Å². The molecule has 196 valence electrons. The topological polar surface area (TPSA) is 119 Å². The summed E-state index contributed by atoms with van der Waals surface area (Å²) < 4.78 is 5.50. The summed E-state index contributed by atoms with van der Waals surface area (Å²) in [5.41, 5.74) is 2.26. The molecule has 1 saturated heterocycles. The van der Waals surface area contributed by atoms with Crippen LogP contribution >= 0.6 is 0 Å². The number of carboxylic acid groups (broad SMARTS) is 2. The van der Waals surface area contributed by atoms with Crippen molar-refractivity contribution in [2.45, 2.75) is 12.8 Å². The minimum absolute atomic E-state index is 0.0948. The number of para-hydroxylation sites is 2. The van der Waals surface area contributed by atoms with Crippen molar-refractivity contribution < 1.29 is 29.3 Å². The highest BCUT2D eigenvalue weighted by Crippen LogP contribution is 2.28. The molecule has 1 heterocycles. The molecule has 0 atom stereocenters. The third-order valence-electron chi connectivity index (χ3n) is 6.19. The van der Waals surface area contributed by atoms with Crippen LogP contribution in [-0.2, 0) is 20.8 Å². The first-order valence-electron chi connectivity index (χ1n) is 12.2. The summed E-state index contributed by atoms with van der Waals surface area (Å²) in [4.78, 5) is 35.5. The molecule has 3 aromatic rings. The molecule has 1 amide bonds. The number of amides is 1. The van der Waals surface area contributed by atoms with Crippen LogP contribution in [-0.4, -0.2) is 79.3 Å². The average molecular weight is 508 g/mol. The predicted molar refractivity (Wildman–Crippen MR) is 142 cm³/mol. The summed E-state index contributed by atoms with van der Waals surface area (Å²) in [5, 5.41) is 20.2. The second-order valence-corrected chi connectivity index (χ2v) is 8.63. The highest BCUT2D eigenvalue weighted by Gasteiger charge is 2.19. The Balaban J connectivity index is 0.000000568. The van der Waals surface area contributed by atoms with Crippen LogP contribution in [0, 0.1) is 0 Å². The minimum Gasteiger partial charge on any atom is -0.495 e. The summed E-state index contributed by atoms with van der Waals surface area (Å²) in [6.07, 6.45) is 1.40. The Bertz CT molecular complexity index is 1190. The van der Waals surface area contributed by atoms with E-state index in [1.807, 2.05) is 36.4 Å². The first-order chi connectivity index (χ1) is 17.9. The molecule has 1 fully saturated rings. The number of carbonyl (C=O) groups is 3. The third kappa shape index (κ3) is 8.22. The van der Waals surface area contributed by atoms with E-state index < -0.39 is 11.9 Å². The highest BCUT2D eigenvalue weighted by atomic mass is 16.5. The van der Waals surface area contributed by atoms with Crippen molar-refractivity contribution in [1.82, 2.24) is 10.2 Å². The van der Waals surface area contributed by atoms with Gasteiger partial charge in [-0.25, -0.2) is 9.59 Å². The van der Waals surface area contributed by atoms with Crippen LogP contribution in [0.2, 0.25) is 0 Å². The Morgan fingerprint density at radius 1 is 0.865 bits per heavy atom. The summed E-state index contributed by atoms with van der Waals surface area (Å²) in [6, 6.07) is 22.6. The second kappa shape index (κ2) is 13.8. The lowest BCUT2D eigenvalue weighted by molar-refractivity contribution is -0.159. The van der Waals surface area contributed by atoms with Crippen LogP contribution in [0.4, 0.5) is 5.69 Å². The van der Waals surface area contributed by atoms with Gasteiger partial charge in [0.2, 0.25) is 5.91 Å². The van der Waals surface area contributed by atoms with Gasteiger partial charge in [-0.3, -0.25) is 9.69 Å². The van der Waals surface area contributed by atoms with Crippen molar-refractivity contribution in [2.24, 2.45) is 0 Å². The van der Waals surface area contributed by atoms with Crippen molar-refractivity contribution in [3.05, 3.63) is 72.3 Å². The number of piperazine rings is 1. The van der Waals surface area contributed by atoms with Gasteiger partial charge < -0.3 is 25.2 Å². The summed E-state index contributed by atoms with van der Waals surface area (Å²) in [7, 11) is 1.73. The average Bonchev–Trinajstić information content (AvgIpc) is 2.92. The molecule has 0 aromatic heterocycles. The molecule has 9 nitrogen and oxygen atoms in total. The molecule has 9 heteroatoms. The van der Waals surface area contributed by atoms with E-state index >= 15 is 0 Å². The molecule has 3 aromatic carbocycles. The van der Waals surface area contributed by atoms with E-state index in [0.717, 1.165) is 62.4 Å². The first-order valence-corrected chi connectivity index (χ1v) is 12.2. The van der Waals surface area contributed by atoms with Gasteiger partial charge >= 0.3 is 11.9 Å². The van der Waals surface area contributed by atoms with E-state index in [9.17, 15) is 4.79 Å². The van der Waals surface area contributed by atoms with Gasteiger partial charge in [-0.15, -0.1) is 0 Å². The standard InChI is InChI=1S/C26H31N3O2.C2H2O4/c1-31-25-13-5-4-12-24(25)29-18-16-28(17-19-29)15-7-14-27-26(30)20-22-10-6-9-21-8-2-3-11-23(21)22;3-1(4)2(5)6/h2-6,8-13H,7,14-20H2,1H3,(H,27,30);(H,3,4)(H,5,6). The number of carboxylic acids is 2. The monoisotopic (exact) mass is 507 g/mol. The maximum absolute atomic E-state index is 12.4. The lowest BCUT2D eigenvalue weighted by Crippen LogP contribution is -2.47. The summed E-state index contributed by atoms with van der Waals surface area (Å²) in [5.74, 6) is -2.62. The second-order valence-electron chi connectivity index (χ2n) is 8.63. The largest absolute Gasteiger partial charge is 0.495 e. The lowest BCUT2D eigenvalue weighted by Gasteiger charge is -2.36. The quantitative estimate of drug-likeness (QED) is 0.315. The number of methoxy groups -OCH3 is 1. The Morgan fingerprint density at radius 3 is 2.22 bits per heavy atom. The number of anilines is 1. The van der Waals surface area contributed by atoms with Gasteiger partial charge in [0.15, 0.2) is 0 Å². The Morgan fingerprint density at radius 2 is 1.51 bits per heavy atom. The molecule has 3 N–H and O–H groups in total. The van der Waals surface area contributed by atoms with Gasteiger partial charge in [0, 0.05) is 32.7 Å². The van der Waals surface area contributed by atoms with Crippen molar-refractivity contribution in [3.63, 3.8) is 0 Å². The third-order valence-corrected chi connectivity index (χ3v) is 6.19. The molecule has 0 spiro atoms. The molecule has 0 unspecified atom stereocenters. The molecule has 1 aliphatic heterocycles. The van der Waals surface area contributed by atoms with E-state index in [-0.39, 0.29) is 5.91 Å². The zero-order chi connectivity index (χ0) is 26.6. The van der Waals surface area contributed by atoms with Crippen molar-refractivity contribution in [2.75, 3.05) is 51.3 Å². The van der Waals surface area contributed by atoms with Gasteiger partial charge in [0.05, 0.1) is 19.2 Å². The number of carbonyl (C=O) groups excluding carboxylic acids is 1. The SMILES string of the molecule is COc1ccccc1N1CCN(CCCNC(=O)Cc2cccc3ccccc23)CC1.O=C(O)C(=O)O. The lowest BCUT2D eigenvalue weighted by atomic mass is 10.0. The van der Waals surface area contributed by atoms with Crippen molar-refractivity contribution in [1.29, 1.82) is 0 Å². The number of hydrogen-bond donors (Lipinski definition) is 3. The first kappa shape index (κ1) is 27.5. The number of hydrogen-bond acceptors (Lipinski definition) is 6. The van der Waals surface area contributed by atoms with E-state index in [1.165, 1.54) is 11.1 Å². The van der Waals surface area contributed by atoms with Crippen LogP contribution in [0.5, 0.6) is 5.75 Å². The Hall–Kier alpha value is -4.11. The van der Waals surface area contributed by atoms with Crippen LogP contribution < -0.4 is 15.0 Å². The van der Waals surface area contributed by atoms with E-state index in [1.54, 1.807) is 7.11 Å². The van der Waals surface area contributed by atoms with Crippen LogP contribution in [0.3, 0.4) is 0 Å². The van der Waals surface area contributed by atoms with Crippen molar-refractivity contribution in [3.8, 4) is 5.75 Å². The van der Waals surface area contributed by atoms with Gasteiger partial charge in [-0.2, -0.15) is 0 Å². The van der Waals surface area contributed by atoms with Gasteiger partial charge in [0.1, 0.15) is 5.75 Å². The number of aliphatic carboxylic acids is 2. The van der Waals surface area contributed by atoms with Crippen molar-refractivity contribution >= 4 is 34.3 Å². The molecule has 1 aliphatic rings. The number of nitrogens with one attached hydrogen (secondary N) is 1. The highest BCUT2D eigenvalue weighted by molar-refractivity contribution is 6.27. The molecule has 4 rings (SSSR count). The number of nitrogens with zero attached hydrogens (tertiary/aromatic N) is 2. The smallest absolute Gasteiger partial charge is 0.414 e. The maximum Gasteiger partial charge on any atom is 0.414 e. The van der Waals surface area contributed by atoms with E-state index in [4.69, 9.17) is 24.5 Å². The maximum atomic E-state index is 12.4. The van der Waals surface area contributed by atoms with Crippen LogP contribution in [0.15, 0.2) is 66.7 Å². The van der Waals surface area contributed by atoms with Crippen LogP contribution in [0.25, 0.3) is 10.8 Å². The molecule has 0 saturated carbocycles. The number of rotatable bonds is 8. The fraction of sp³-hybridized carbons (Fsp3) is 0.321. The normalized spacial score (nSPS) is 13.4. The number of benzene rings is 3. The van der Waals surface area contributed by atoms with Gasteiger partial charge in [0.25, 0.3) is 0 Å². The molecule has 37 heavy (non-hydrogen) atoms. The molecule has 0 radical (unpaired) electrons. The zero-order valence-electron chi connectivity index (χ0n) is 20.9. The van der Waals surface area contributed by atoms with E-state index in [2.05, 4.69) is 45.4 Å². The Kier molecular flexibility index (Phi) is 10.3. The molecular weight excluding hydrogens is 474 g/mol. The molecule has 0 bridgehead atoms. The van der Waals surface area contributed by atoms with E-state index in [0.29, 0.717) is 6.42 Å². The fourth-order valence-corrected chi connectivity index (χ4v) is 4.32. The number of fused-ring (bicyclic) bond motifs is 1.